The number of anilines is 1. The number of barbiturate groups is 1. The van der Waals surface area contributed by atoms with Crippen molar-refractivity contribution in [3.8, 4) is 5.75 Å². The second-order valence-corrected chi connectivity index (χ2v) is 5.54. The first-order valence-corrected chi connectivity index (χ1v) is 7.48. The standard InChI is InChI=1S/C14H14N6O8/c1-18-11(23)9(12(24)19(2)14(18)26)10(22)16-17-13(25)15-6-3-4-8(21)7(5-6)20(27)28/h3-5,9,21H,1-2H3,(H,16,22)(H2,15,17,25). The summed E-state index contributed by atoms with van der Waals surface area (Å²) in [6.45, 7) is 0. The van der Waals surface area contributed by atoms with Crippen molar-refractivity contribution in [2.75, 3.05) is 19.4 Å². The SMILES string of the molecule is CN1C(=O)C(C(=O)NNC(=O)Nc2ccc(O)c([N+](=O)[O-])c2)C(=O)N(C)C1=O. The molecule has 0 radical (unpaired) electrons. The average molecular weight is 394 g/mol. The molecule has 1 saturated heterocycles. The zero-order valence-electron chi connectivity index (χ0n) is 14.5. The minimum absolute atomic E-state index is 0.0777. The van der Waals surface area contributed by atoms with Crippen molar-refractivity contribution < 1.29 is 34.0 Å². The molecule has 1 aliphatic heterocycles. The number of aromatic hydroxyl groups is 1. The molecule has 0 aromatic heterocycles. The third-order valence-electron chi connectivity index (χ3n) is 3.72. The van der Waals surface area contributed by atoms with Crippen molar-refractivity contribution in [3.63, 3.8) is 0 Å². The fraction of sp³-hybridized carbons (Fsp3) is 0.214. The molecular formula is C14H14N6O8. The molecule has 0 saturated carbocycles. The number of nitrogens with zero attached hydrogens (tertiary/aromatic N) is 3. The van der Waals surface area contributed by atoms with Crippen molar-refractivity contribution >= 4 is 41.2 Å². The number of urea groups is 2. The number of imide groups is 2. The predicted molar refractivity (Wildman–Crippen MR) is 89.5 cm³/mol. The molecule has 1 fully saturated rings. The largest absolute Gasteiger partial charge is 0.502 e. The van der Waals surface area contributed by atoms with E-state index in [0.717, 1.165) is 32.3 Å². The molecule has 0 unspecified atom stereocenters. The highest BCUT2D eigenvalue weighted by Crippen LogP contribution is 2.28. The van der Waals surface area contributed by atoms with Gasteiger partial charge in [0.25, 0.3) is 17.7 Å². The Hall–Kier alpha value is -4.23. The first-order valence-electron chi connectivity index (χ1n) is 7.48. The number of carbonyl (C=O) groups excluding carboxylic acids is 5. The maximum Gasteiger partial charge on any atom is 0.337 e. The van der Waals surface area contributed by atoms with Gasteiger partial charge in [0.2, 0.25) is 0 Å². The van der Waals surface area contributed by atoms with E-state index in [9.17, 15) is 39.2 Å². The summed E-state index contributed by atoms with van der Waals surface area (Å²) < 4.78 is 0. The third kappa shape index (κ3) is 3.79. The van der Waals surface area contributed by atoms with Crippen LogP contribution in [-0.4, -0.2) is 63.7 Å². The van der Waals surface area contributed by atoms with Gasteiger partial charge in [-0.05, 0) is 12.1 Å². The Bertz CT molecular complexity index is 876. The molecule has 0 bridgehead atoms. The molecule has 1 aromatic carbocycles. The Labute approximate surface area is 156 Å². The zero-order chi connectivity index (χ0) is 21.2. The van der Waals surface area contributed by atoms with Crippen LogP contribution in [-0.2, 0) is 14.4 Å². The van der Waals surface area contributed by atoms with Gasteiger partial charge in [-0.1, -0.05) is 0 Å². The predicted octanol–water partition coefficient (Wildman–Crippen LogP) is -0.880. The van der Waals surface area contributed by atoms with Crippen molar-refractivity contribution in [1.29, 1.82) is 0 Å². The van der Waals surface area contributed by atoms with Crippen LogP contribution in [0.5, 0.6) is 5.75 Å². The first-order chi connectivity index (χ1) is 13.0. The third-order valence-corrected chi connectivity index (χ3v) is 3.72. The molecule has 1 aromatic rings. The van der Waals surface area contributed by atoms with Crippen molar-refractivity contribution in [3.05, 3.63) is 28.3 Å². The van der Waals surface area contributed by atoms with E-state index in [-0.39, 0.29) is 5.69 Å². The van der Waals surface area contributed by atoms with Gasteiger partial charge in [0.15, 0.2) is 11.7 Å². The van der Waals surface area contributed by atoms with Gasteiger partial charge in [-0.25, -0.2) is 15.0 Å². The highest BCUT2D eigenvalue weighted by molar-refractivity contribution is 6.25. The second kappa shape index (κ2) is 7.56. The minimum atomic E-state index is -1.87. The van der Waals surface area contributed by atoms with Crippen LogP contribution in [0.25, 0.3) is 0 Å². The smallest absolute Gasteiger partial charge is 0.337 e. The van der Waals surface area contributed by atoms with Crippen LogP contribution < -0.4 is 16.2 Å². The molecule has 1 heterocycles. The van der Waals surface area contributed by atoms with Gasteiger partial charge in [-0.2, -0.15) is 0 Å². The number of nitro groups is 1. The second-order valence-electron chi connectivity index (χ2n) is 5.54. The number of benzene rings is 1. The average Bonchev–Trinajstić information content (AvgIpc) is 2.64. The van der Waals surface area contributed by atoms with Crippen LogP contribution in [0.15, 0.2) is 18.2 Å². The number of hydrazine groups is 1. The van der Waals surface area contributed by atoms with Gasteiger partial charge in [-0.3, -0.25) is 39.7 Å². The molecule has 148 valence electrons. The topological polar surface area (TPSA) is 191 Å². The van der Waals surface area contributed by atoms with Gasteiger partial charge in [-0.15, -0.1) is 0 Å². The van der Waals surface area contributed by atoms with Crippen LogP contribution in [0, 0.1) is 16.0 Å². The number of phenols is 1. The molecule has 14 nitrogen and oxygen atoms in total. The minimum Gasteiger partial charge on any atom is -0.502 e. The van der Waals surface area contributed by atoms with E-state index in [2.05, 4.69) is 5.32 Å². The first kappa shape index (κ1) is 20.1. The summed E-state index contributed by atoms with van der Waals surface area (Å²) in [4.78, 5) is 70.5. The molecule has 2 rings (SSSR count). The fourth-order valence-corrected chi connectivity index (χ4v) is 2.23. The summed E-state index contributed by atoms with van der Waals surface area (Å²) >= 11 is 0. The van der Waals surface area contributed by atoms with Crippen molar-refractivity contribution in [1.82, 2.24) is 20.7 Å². The lowest BCUT2D eigenvalue weighted by atomic mass is 10.0. The summed E-state index contributed by atoms with van der Waals surface area (Å²) in [5, 5.41) is 22.2. The number of nitrogens with one attached hydrogen (secondary N) is 3. The molecule has 0 aliphatic carbocycles. The summed E-state index contributed by atoms with van der Waals surface area (Å²) in [7, 11) is 2.18. The number of rotatable bonds is 3. The molecule has 28 heavy (non-hydrogen) atoms. The maximum atomic E-state index is 12.1. The van der Waals surface area contributed by atoms with Crippen LogP contribution in [0.1, 0.15) is 0 Å². The van der Waals surface area contributed by atoms with E-state index < -0.39 is 52.1 Å². The Morgan fingerprint density at radius 1 is 1.11 bits per heavy atom. The van der Waals surface area contributed by atoms with Gasteiger partial charge in [0, 0.05) is 25.8 Å². The lowest BCUT2D eigenvalue weighted by molar-refractivity contribution is -0.385. The highest BCUT2D eigenvalue weighted by Gasteiger charge is 2.46. The molecule has 1 aliphatic rings. The number of carbonyl (C=O) groups is 5. The van der Waals surface area contributed by atoms with Gasteiger partial charge in [0.05, 0.1) is 4.92 Å². The summed E-state index contributed by atoms with van der Waals surface area (Å²) in [6.07, 6.45) is 0. The Morgan fingerprint density at radius 2 is 1.68 bits per heavy atom. The fourth-order valence-electron chi connectivity index (χ4n) is 2.23. The summed E-state index contributed by atoms with van der Waals surface area (Å²) in [5.41, 5.74) is 2.98. The molecule has 4 N–H and O–H groups in total. The number of hydrogen-bond acceptors (Lipinski definition) is 8. The maximum absolute atomic E-state index is 12.1. The van der Waals surface area contributed by atoms with Gasteiger partial charge >= 0.3 is 17.7 Å². The number of hydrogen-bond donors (Lipinski definition) is 4. The normalized spacial score (nSPS) is 14.7. The van der Waals surface area contributed by atoms with Crippen LogP contribution in [0.3, 0.4) is 0 Å². The molecular weight excluding hydrogens is 380 g/mol. The van der Waals surface area contributed by atoms with Crippen LogP contribution in [0.2, 0.25) is 0 Å². The van der Waals surface area contributed by atoms with Crippen LogP contribution in [0.4, 0.5) is 21.0 Å². The van der Waals surface area contributed by atoms with Crippen molar-refractivity contribution in [2.45, 2.75) is 0 Å². The molecule has 0 spiro atoms. The van der Waals surface area contributed by atoms with E-state index in [1.54, 1.807) is 0 Å². The van der Waals surface area contributed by atoms with E-state index in [1.807, 2.05) is 10.9 Å². The number of phenolic OH excluding ortho intramolecular Hbond substituents is 1. The van der Waals surface area contributed by atoms with E-state index in [0.29, 0.717) is 9.80 Å². The quantitative estimate of drug-likeness (QED) is 0.220. The number of amides is 7. The lowest BCUT2D eigenvalue weighted by Crippen LogP contribution is -2.62. The lowest BCUT2D eigenvalue weighted by Gasteiger charge is -2.31. The molecule has 14 heteroatoms. The Morgan fingerprint density at radius 3 is 2.21 bits per heavy atom. The Kier molecular flexibility index (Phi) is 5.43. The zero-order valence-corrected chi connectivity index (χ0v) is 14.5. The van der Waals surface area contributed by atoms with Gasteiger partial charge in [0.1, 0.15) is 0 Å². The summed E-state index contributed by atoms with van der Waals surface area (Å²) in [6, 6.07) is 1.06. The van der Waals surface area contributed by atoms with Crippen LogP contribution >= 0.6 is 0 Å². The summed E-state index contributed by atoms with van der Waals surface area (Å²) in [5.74, 6) is -5.80. The molecule has 7 amide bonds. The van der Waals surface area contributed by atoms with E-state index in [4.69, 9.17) is 0 Å². The monoisotopic (exact) mass is 394 g/mol. The highest BCUT2D eigenvalue weighted by atomic mass is 16.6. The number of nitro benzene ring substituents is 1. The van der Waals surface area contributed by atoms with E-state index >= 15 is 0 Å². The molecule has 0 atom stereocenters. The Balaban J connectivity index is 2.01. The van der Waals surface area contributed by atoms with Gasteiger partial charge < -0.3 is 10.4 Å². The van der Waals surface area contributed by atoms with E-state index in [1.165, 1.54) is 0 Å². The van der Waals surface area contributed by atoms with Crippen molar-refractivity contribution in [2.24, 2.45) is 5.92 Å².